The van der Waals surface area contributed by atoms with Crippen molar-refractivity contribution in [2.24, 2.45) is 11.8 Å². The van der Waals surface area contributed by atoms with Gasteiger partial charge in [0.05, 0.1) is 29.6 Å². The summed E-state index contributed by atoms with van der Waals surface area (Å²) in [6.07, 6.45) is -4.64. The summed E-state index contributed by atoms with van der Waals surface area (Å²) >= 11 is 0. The topological polar surface area (TPSA) is 83.9 Å². The molecule has 0 unspecified atom stereocenters. The van der Waals surface area contributed by atoms with Crippen LogP contribution in [-0.4, -0.2) is 63.1 Å². The molecular weight excluding hydrogens is 399 g/mol. The van der Waals surface area contributed by atoms with E-state index >= 15 is 0 Å². The fourth-order valence-electron chi connectivity index (χ4n) is 2.81. The quantitative estimate of drug-likeness (QED) is 0.763. The number of rotatable bonds is 6. The van der Waals surface area contributed by atoms with E-state index in [0.717, 1.165) is 0 Å². The molecule has 11 heteroatoms. The fraction of sp³-hybridized carbons (Fsp3) is 0.533. The molecule has 0 spiro atoms. The third-order valence-corrected chi connectivity index (χ3v) is 5.90. The van der Waals surface area contributed by atoms with Crippen LogP contribution in [0.4, 0.5) is 13.2 Å². The van der Waals surface area contributed by atoms with Crippen molar-refractivity contribution in [3.05, 3.63) is 24.3 Å². The number of carbonyl (C=O) groups is 1. The number of carboxylic acids is 1. The van der Waals surface area contributed by atoms with Gasteiger partial charge in [-0.3, -0.25) is 4.79 Å². The molecule has 0 bridgehead atoms. The second kappa shape index (κ2) is 8.45. The lowest BCUT2D eigenvalue weighted by molar-refractivity contribution is -0.188. The Hall–Kier alpha value is -1.52. The summed E-state index contributed by atoms with van der Waals surface area (Å²) in [5, 5.41) is 8.97. The molecule has 0 saturated carbocycles. The average Bonchev–Trinajstić information content (AvgIpc) is 2.98. The van der Waals surface area contributed by atoms with E-state index < -0.39 is 46.1 Å². The zero-order valence-electron chi connectivity index (χ0n) is 13.8. The number of hydrogen-bond acceptors (Lipinski definition) is 5. The summed E-state index contributed by atoms with van der Waals surface area (Å²) in [7, 11) is -2.33. The number of likely N-dealkylation sites (tertiary alicyclic amines) is 1. The highest BCUT2D eigenvalue weighted by Gasteiger charge is 2.52. The van der Waals surface area contributed by atoms with E-state index in [-0.39, 0.29) is 30.4 Å². The van der Waals surface area contributed by atoms with Crippen LogP contribution in [0.25, 0.3) is 0 Å². The lowest BCUT2D eigenvalue weighted by Crippen LogP contribution is -2.33. The zero-order chi connectivity index (χ0) is 18.8. The second-order valence-electron chi connectivity index (χ2n) is 5.85. The van der Waals surface area contributed by atoms with Gasteiger partial charge in [-0.2, -0.15) is 13.2 Å². The molecule has 0 aliphatic carbocycles. The number of ether oxygens (including phenoxy) is 1. The Labute approximate surface area is 155 Å². The van der Waals surface area contributed by atoms with Gasteiger partial charge in [0.15, 0.2) is 9.84 Å². The highest BCUT2D eigenvalue weighted by Crippen LogP contribution is 2.37. The maximum absolute atomic E-state index is 12.9. The molecule has 6 nitrogen and oxygen atoms in total. The summed E-state index contributed by atoms with van der Waals surface area (Å²) in [4.78, 5) is 12.3. The smallest absolute Gasteiger partial charge is 0.393 e. The maximum Gasteiger partial charge on any atom is 0.393 e. The van der Waals surface area contributed by atoms with E-state index in [1.54, 1.807) is 6.07 Å². The van der Waals surface area contributed by atoms with Gasteiger partial charge in [0, 0.05) is 19.6 Å². The largest absolute Gasteiger partial charge is 0.497 e. The molecule has 1 aromatic carbocycles. The molecule has 0 radical (unpaired) electrons. The summed E-state index contributed by atoms with van der Waals surface area (Å²) in [6, 6.07) is 5.78. The molecule has 0 aromatic heterocycles. The van der Waals surface area contributed by atoms with Gasteiger partial charge in [0.25, 0.3) is 0 Å². The first-order valence-electron chi connectivity index (χ1n) is 7.43. The van der Waals surface area contributed by atoms with Crippen LogP contribution in [0.3, 0.4) is 0 Å². The summed E-state index contributed by atoms with van der Waals surface area (Å²) in [5.41, 5.74) is 0. The number of halogens is 4. The molecule has 2 rings (SSSR count). The van der Waals surface area contributed by atoms with Gasteiger partial charge in [0.2, 0.25) is 0 Å². The Morgan fingerprint density at radius 2 is 2.00 bits per heavy atom. The number of alkyl halides is 3. The van der Waals surface area contributed by atoms with Crippen molar-refractivity contribution < 1.29 is 36.2 Å². The van der Waals surface area contributed by atoms with Gasteiger partial charge in [-0.1, -0.05) is 6.07 Å². The first kappa shape index (κ1) is 22.5. The number of nitrogens with zero attached hydrogens (tertiary/aromatic N) is 1. The molecule has 148 valence electrons. The summed E-state index contributed by atoms with van der Waals surface area (Å²) in [6.45, 7) is -1.02. The number of hydrogen-bond donors (Lipinski definition) is 1. The van der Waals surface area contributed by atoms with Crippen LogP contribution in [0, 0.1) is 11.8 Å². The second-order valence-corrected chi connectivity index (χ2v) is 7.96. The monoisotopic (exact) mass is 417 g/mol. The number of aliphatic carboxylic acids is 1. The molecule has 1 aromatic rings. The molecule has 1 aliphatic rings. The fourth-order valence-corrected chi connectivity index (χ4v) is 4.13. The van der Waals surface area contributed by atoms with E-state index in [9.17, 15) is 26.4 Å². The number of methoxy groups -OCH3 is 1. The zero-order valence-corrected chi connectivity index (χ0v) is 15.4. The highest BCUT2D eigenvalue weighted by atomic mass is 35.5. The van der Waals surface area contributed by atoms with Crippen molar-refractivity contribution in [2.45, 2.75) is 11.1 Å². The molecule has 1 heterocycles. The number of benzene rings is 1. The minimum atomic E-state index is -4.64. The van der Waals surface area contributed by atoms with E-state index in [1.807, 2.05) is 0 Å². The first-order valence-corrected chi connectivity index (χ1v) is 9.08. The Morgan fingerprint density at radius 1 is 1.35 bits per heavy atom. The Morgan fingerprint density at radius 3 is 2.50 bits per heavy atom. The van der Waals surface area contributed by atoms with Crippen molar-refractivity contribution in [1.82, 2.24) is 4.90 Å². The predicted octanol–water partition coefficient (Wildman–Crippen LogP) is 2.09. The van der Waals surface area contributed by atoms with Crippen LogP contribution in [0.15, 0.2) is 29.2 Å². The van der Waals surface area contributed by atoms with Gasteiger partial charge >= 0.3 is 12.1 Å². The van der Waals surface area contributed by atoms with Crippen LogP contribution in [0.1, 0.15) is 0 Å². The minimum Gasteiger partial charge on any atom is -0.497 e. The number of carboxylic acid groups (broad SMARTS) is 1. The Kier molecular flexibility index (Phi) is 7.32. The predicted molar refractivity (Wildman–Crippen MR) is 89.4 cm³/mol. The van der Waals surface area contributed by atoms with Crippen molar-refractivity contribution in [3.8, 4) is 5.75 Å². The van der Waals surface area contributed by atoms with Gasteiger partial charge < -0.3 is 14.7 Å². The maximum atomic E-state index is 12.9. The molecule has 0 amide bonds. The van der Waals surface area contributed by atoms with Crippen LogP contribution in [0.5, 0.6) is 5.75 Å². The molecular formula is C15H19ClF3NO5S. The van der Waals surface area contributed by atoms with Gasteiger partial charge in [0.1, 0.15) is 5.75 Å². The Balaban J connectivity index is 0.00000338. The van der Waals surface area contributed by atoms with Crippen LogP contribution in [-0.2, 0) is 14.6 Å². The first-order chi connectivity index (χ1) is 11.5. The van der Waals surface area contributed by atoms with Crippen molar-refractivity contribution in [1.29, 1.82) is 0 Å². The van der Waals surface area contributed by atoms with Gasteiger partial charge in [-0.25, -0.2) is 8.42 Å². The van der Waals surface area contributed by atoms with Crippen molar-refractivity contribution in [3.63, 3.8) is 0 Å². The molecule has 2 atom stereocenters. The van der Waals surface area contributed by atoms with Crippen LogP contribution >= 0.6 is 12.4 Å². The SMILES string of the molecule is COc1cccc(S(=O)(=O)CCN2C[C@@H](C(F)(F)F)[C@H](C(=O)O)C2)c1.Cl. The minimum absolute atomic E-state index is 0. The Bertz CT molecular complexity index is 741. The molecule has 1 fully saturated rings. The normalized spacial score (nSPS) is 21.2. The standard InChI is InChI=1S/C15H18F3NO5S.ClH/c1-24-10-3-2-4-11(7-10)25(22,23)6-5-19-8-12(14(20)21)13(9-19)15(16,17)18;/h2-4,7,12-13H,5-6,8-9H2,1H3,(H,20,21);1H/t12-,13-;/m1./s1. The molecule has 26 heavy (non-hydrogen) atoms. The third kappa shape index (κ3) is 5.24. The number of sulfone groups is 1. The summed E-state index contributed by atoms with van der Waals surface area (Å²) in [5.74, 6) is -5.16. The van der Waals surface area contributed by atoms with Crippen molar-refractivity contribution >= 4 is 28.2 Å². The molecule has 1 aliphatic heterocycles. The third-order valence-electron chi connectivity index (χ3n) is 4.21. The van der Waals surface area contributed by atoms with Gasteiger partial charge in [-0.05, 0) is 18.2 Å². The van der Waals surface area contributed by atoms with E-state index in [2.05, 4.69) is 0 Å². The van der Waals surface area contributed by atoms with Crippen molar-refractivity contribution in [2.75, 3.05) is 32.5 Å². The lowest BCUT2D eigenvalue weighted by Gasteiger charge is -2.18. The molecule has 1 N–H and O–H groups in total. The van der Waals surface area contributed by atoms with E-state index in [4.69, 9.17) is 9.84 Å². The lowest BCUT2D eigenvalue weighted by atomic mass is 9.96. The van der Waals surface area contributed by atoms with Gasteiger partial charge in [-0.15, -0.1) is 12.4 Å². The van der Waals surface area contributed by atoms with E-state index in [1.165, 1.54) is 30.2 Å². The highest BCUT2D eigenvalue weighted by molar-refractivity contribution is 7.91. The van der Waals surface area contributed by atoms with Crippen LogP contribution < -0.4 is 4.74 Å². The van der Waals surface area contributed by atoms with Crippen LogP contribution in [0.2, 0.25) is 0 Å². The van der Waals surface area contributed by atoms with E-state index in [0.29, 0.717) is 5.75 Å². The summed E-state index contributed by atoms with van der Waals surface area (Å²) < 4.78 is 68.4. The molecule has 1 saturated heterocycles. The average molecular weight is 418 g/mol.